The molecule has 0 amide bonds. The minimum absolute atomic E-state index is 0.234. The second-order valence-corrected chi connectivity index (χ2v) is 5.96. The molecule has 0 radical (unpaired) electrons. The number of hydrogen-bond acceptors (Lipinski definition) is 2. The van der Waals surface area contributed by atoms with Crippen LogP contribution in [0.2, 0.25) is 0 Å². The van der Waals surface area contributed by atoms with E-state index in [4.69, 9.17) is 16.3 Å². The largest absolute Gasteiger partial charge is 0.376 e. The highest BCUT2D eigenvalue weighted by Crippen LogP contribution is 2.44. The van der Waals surface area contributed by atoms with Gasteiger partial charge in [-0.3, -0.25) is 0 Å². The van der Waals surface area contributed by atoms with Gasteiger partial charge in [-0.2, -0.15) is 0 Å². The molecule has 3 nitrogen and oxygen atoms in total. The first-order chi connectivity index (χ1) is 9.78. The minimum Gasteiger partial charge on any atom is -0.376 e. The van der Waals surface area contributed by atoms with Crippen molar-refractivity contribution in [1.29, 1.82) is 0 Å². The van der Waals surface area contributed by atoms with Gasteiger partial charge < -0.3 is 9.30 Å². The summed E-state index contributed by atoms with van der Waals surface area (Å²) in [6.45, 7) is 0.766. The van der Waals surface area contributed by atoms with Gasteiger partial charge in [0, 0.05) is 6.61 Å². The van der Waals surface area contributed by atoms with Crippen molar-refractivity contribution in [3.63, 3.8) is 0 Å². The predicted molar refractivity (Wildman–Crippen MR) is 75.4 cm³/mol. The molecule has 5 heteroatoms. The van der Waals surface area contributed by atoms with Crippen LogP contribution in [-0.2, 0) is 10.6 Å². The van der Waals surface area contributed by atoms with Crippen molar-refractivity contribution in [2.45, 2.75) is 37.3 Å². The lowest BCUT2D eigenvalue weighted by Gasteiger charge is -2.22. The maximum Gasteiger partial charge on any atom is 0.125 e. The summed E-state index contributed by atoms with van der Waals surface area (Å²) >= 11 is 6.05. The molecule has 2 atom stereocenters. The Kier molecular flexibility index (Phi) is 2.97. The zero-order valence-corrected chi connectivity index (χ0v) is 11.8. The molecule has 1 aromatic carbocycles. The highest BCUT2D eigenvalue weighted by Gasteiger charge is 2.42. The van der Waals surface area contributed by atoms with Gasteiger partial charge in [0.2, 0.25) is 0 Å². The Labute approximate surface area is 121 Å². The summed E-state index contributed by atoms with van der Waals surface area (Å²) in [6, 6.07) is 4.96. The van der Waals surface area contributed by atoms with Crippen LogP contribution in [0.25, 0.3) is 11.0 Å². The topological polar surface area (TPSA) is 27.1 Å². The summed E-state index contributed by atoms with van der Waals surface area (Å²) in [4.78, 5) is 4.54. The fraction of sp³-hybridized carbons (Fsp3) is 0.533. The smallest absolute Gasteiger partial charge is 0.125 e. The minimum atomic E-state index is -0.235. The Morgan fingerprint density at radius 3 is 2.95 bits per heavy atom. The second-order valence-electron chi connectivity index (χ2n) is 5.69. The Morgan fingerprint density at radius 1 is 1.35 bits per heavy atom. The van der Waals surface area contributed by atoms with Crippen LogP contribution in [0.5, 0.6) is 0 Å². The average molecular weight is 295 g/mol. The molecule has 2 unspecified atom stereocenters. The van der Waals surface area contributed by atoms with E-state index < -0.39 is 0 Å². The Balaban J connectivity index is 1.86. The van der Waals surface area contributed by atoms with E-state index in [0.717, 1.165) is 29.9 Å². The third kappa shape index (κ3) is 1.93. The van der Waals surface area contributed by atoms with E-state index in [1.807, 2.05) is 0 Å². The quantitative estimate of drug-likeness (QED) is 0.808. The van der Waals surface area contributed by atoms with Crippen LogP contribution in [-0.4, -0.2) is 22.3 Å². The number of rotatable bonds is 3. The Hall–Kier alpha value is -1.13. The maximum atomic E-state index is 13.6. The molecule has 106 valence electrons. The van der Waals surface area contributed by atoms with Crippen LogP contribution in [0.15, 0.2) is 18.2 Å². The summed E-state index contributed by atoms with van der Waals surface area (Å²) in [5.41, 5.74) is 1.64. The molecular formula is C15H16ClFN2O. The number of nitrogens with zero attached hydrogens (tertiary/aromatic N) is 2. The Morgan fingerprint density at radius 2 is 2.20 bits per heavy atom. The highest BCUT2D eigenvalue weighted by atomic mass is 35.5. The summed E-state index contributed by atoms with van der Waals surface area (Å²) in [7, 11) is 0. The maximum absolute atomic E-state index is 13.6. The first-order valence-electron chi connectivity index (χ1n) is 7.12. The number of hydrogen-bond donors (Lipinski definition) is 0. The van der Waals surface area contributed by atoms with E-state index in [2.05, 4.69) is 9.55 Å². The lowest BCUT2D eigenvalue weighted by atomic mass is 10.1. The zero-order valence-electron chi connectivity index (χ0n) is 11.1. The van der Waals surface area contributed by atoms with Gasteiger partial charge in [-0.25, -0.2) is 9.37 Å². The van der Waals surface area contributed by atoms with Gasteiger partial charge in [-0.1, -0.05) is 0 Å². The van der Waals surface area contributed by atoms with Gasteiger partial charge >= 0.3 is 0 Å². The fourth-order valence-corrected chi connectivity index (χ4v) is 3.52. The van der Waals surface area contributed by atoms with Crippen LogP contribution in [0.1, 0.15) is 31.1 Å². The van der Waals surface area contributed by atoms with Crippen LogP contribution >= 0.6 is 11.6 Å². The van der Waals surface area contributed by atoms with E-state index in [1.54, 1.807) is 12.1 Å². The van der Waals surface area contributed by atoms with Gasteiger partial charge in [-0.05, 0) is 43.4 Å². The van der Waals surface area contributed by atoms with Crippen LogP contribution < -0.4 is 0 Å². The number of fused-ring (bicyclic) bond motifs is 1. The fourth-order valence-electron chi connectivity index (χ4n) is 3.33. The third-order valence-corrected chi connectivity index (χ3v) is 4.60. The van der Waals surface area contributed by atoms with E-state index in [-0.39, 0.29) is 18.0 Å². The molecule has 20 heavy (non-hydrogen) atoms. The first-order valence-corrected chi connectivity index (χ1v) is 7.65. The monoisotopic (exact) mass is 294 g/mol. The van der Waals surface area contributed by atoms with Crippen molar-refractivity contribution in [3.8, 4) is 0 Å². The number of aromatic nitrogens is 2. The van der Waals surface area contributed by atoms with Gasteiger partial charge in [0.15, 0.2) is 0 Å². The highest BCUT2D eigenvalue weighted by molar-refractivity contribution is 6.16. The summed E-state index contributed by atoms with van der Waals surface area (Å²) in [5, 5.41) is 0. The van der Waals surface area contributed by atoms with E-state index in [0.29, 0.717) is 11.8 Å². The molecule has 2 aliphatic rings. The van der Waals surface area contributed by atoms with Crippen molar-refractivity contribution < 1.29 is 9.13 Å². The number of benzene rings is 1. The summed E-state index contributed by atoms with van der Waals surface area (Å²) in [5.74, 6) is 1.57. The average Bonchev–Trinajstić information content (AvgIpc) is 3.07. The molecule has 2 aromatic rings. The molecule has 2 fully saturated rings. The van der Waals surface area contributed by atoms with Gasteiger partial charge in [0.25, 0.3) is 0 Å². The standard InChI is InChI=1S/C15H16ClFN2O/c16-8-14-18-11-4-3-10(17)7-13(11)19(14)12-5-6-20-15(12)9-1-2-9/h3-4,7,9,12,15H,1-2,5-6,8H2. The SMILES string of the molecule is Fc1ccc2nc(CCl)n(C3CCOC3C3CC3)c2c1. The molecule has 1 aliphatic heterocycles. The number of alkyl halides is 1. The van der Waals surface area contributed by atoms with Crippen molar-refractivity contribution in [2.75, 3.05) is 6.61 Å². The molecule has 2 heterocycles. The lowest BCUT2D eigenvalue weighted by Crippen LogP contribution is -2.23. The summed E-state index contributed by atoms with van der Waals surface area (Å²) < 4.78 is 21.6. The number of ether oxygens (including phenoxy) is 1. The Bertz CT molecular complexity index is 653. The van der Waals surface area contributed by atoms with Gasteiger partial charge in [-0.15, -0.1) is 11.6 Å². The molecular weight excluding hydrogens is 279 g/mol. The second kappa shape index (κ2) is 4.71. The van der Waals surface area contributed by atoms with Crippen LogP contribution in [0, 0.1) is 11.7 Å². The number of imidazole rings is 1. The molecule has 0 bridgehead atoms. The molecule has 0 spiro atoms. The molecule has 4 rings (SSSR count). The van der Waals surface area contributed by atoms with Crippen molar-refractivity contribution in [1.82, 2.24) is 9.55 Å². The van der Waals surface area contributed by atoms with Crippen LogP contribution in [0.4, 0.5) is 4.39 Å². The van der Waals surface area contributed by atoms with Gasteiger partial charge in [0.05, 0.1) is 29.1 Å². The van der Waals surface area contributed by atoms with Crippen molar-refractivity contribution >= 4 is 22.6 Å². The molecule has 1 aromatic heterocycles. The lowest BCUT2D eigenvalue weighted by molar-refractivity contribution is 0.0754. The summed E-state index contributed by atoms with van der Waals surface area (Å²) in [6.07, 6.45) is 3.65. The normalized spacial score (nSPS) is 26.5. The molecule has 1 saturated carbocycles. The molecule has 1 saturated heterocycles. The predicted octanol–water partition coefficient (Wildman–Crippen LogP) is 3.65. The molecule has 1 aliphatic carbocycles. The number of halogens is 2. The zero-order chi connectivity index (χ0) is 13.7. The first kappa shape index (κ1) is 12.6. The van der Waals surface area contributed by atoms with E-state index in [1.165, 1.54) is 18.9 Å². The third-order valence-electron chi connectivity index (χ3n) is 4.37. The van der Waals surface area contributed by atoms with Crippen molar-refractivity contribution in [3.05, 3.63) is 29.8 Å². The van der Waals surface area contributed by atoms with Crippen LogP contribution in [0.3, 0.4) is 0 Å². The van der Waals surface area contributed by atoms with Crippen molar-refractivity contribution in [2.24, 2.45) is 5.92 Å². The van der Waals surface area contributed by atoms with E-state index in [9.17, 15) is 4.39 Å². The molecule has 0 N–H and O–H groups in total. The van der Waals surface area contributed by atoms with Gasteiger partial charge in [0.1, 0.15) is 11.6 Å². The van der Waals surface area contributed by atoms with E-state index >= 15 is 0 Å².